The molecule has 1 atom stereocenters. The Bertz CT molecular complexity index is 453. The van der Waals surface area contributed by atoms with Crippen LogP contribution >= 0.6 is 15.9 Å². The van der Waals surface area contributed by atoms with Crippen LogP contribution in [0.15, 0.2) is 22.7 Å². The maximum atomic E-state index is 10.9. The molecule has 1 heterocycles. The molecule has 0 bridgehead atoms. The van der Waals surface area contributed by atoms with Gasteiger partial charge in [-0.2, -0.15) is 0 Å². The molecule has 1 N–H and O–H groups in total. The number of nitrogens with one attached hydrogen (secondary N) is 1. The summed E-state index contributed by atoms with van der Waals surface area (Å²) in [6, 6.07) is 5.65. The minimum absolute atomic E-state index is 0.135. The van der Waals surface area contributed by atoms with Gasteiger partial charge in [-0.15, -0.1) is 0 Å². The first-order chi connectivity index (χ1) is 8.59. The Morgan fingerprint density at radius 2 is 2.39 bits per heavy atom. The van der Waals surface area contributed by atoms with Gasteiger partial charge in [0.25, 0.3) is 5.69 Å². The van der Waals surface area contributed by atoms with Crippen molar-refractivity contribution in [2.24, 2.45) is 0 Å². The molecular formula is C12H16BrN3O2. The predicted octanol–water partition coefficient (Wildman–Crippen LogP) is 2.15. The highest BCUT2D eigenvalue weighted by Crippen LogP contribution is 2.29. The highest BCUT2D eigenvalue weighted by Gasteiger charge is 2.21. The van der Waals surface area contributed by atoms with Crippen LogP contribution in [0, 0.1) is 10.1 Å². The van der Waals surface area contributed by atoms with Crippen LogP contribution in [-0.4, -0.2) is 35.5 Å². The summed E-state index contributed by atoms with van der Waals surface area (Å²) >= 11 is 3.34. The summed E-state index contributed by atoms with van der Waals surface area (Å²) < 4.78 is 0.598. The maximum absolute atomic E-state index is 10.9. The van der Waals surface area contributed by atoms with Crippen LogP contribution in [0.4, 0.5) is 5.69 Å². The van der Waals surface area contributed by atoms with E-state index in [9.17, 15) is 10.1 Å². The Morgan fingerprint density at radius 1 is 1.61 bits per heavy atom. The SMILES string of the molecule is CC1CNCCN1Cc1cccc([N+](=O)[O-])c1Br. The van der Waals surface area contributed by atoms with Crippen LogP contribution < -0.4 is 5.32 Å². The molecular weight excluding hydrogens is 298 g/mol. The number of nitrogens with zero attached hydrogens (tertiary/aromatic N) is 2. The van der Waals surface area contributed by atoms with E-state index in [-0.39, 0.29) is 10.6 Å². The van der Waals surface area contributed by atoms with E-state index in [0.29, 0.717) is 10.5 Å². The number of nitro groups is 1. The van der Waals surface area contributed by atoms with Crippen LogP contribution in [0.3, 0.4) is 0 Å². The highest BCUT2D eigenvalue weighted by atomic mass is 79.9. The summed E-state index contributed by atoms with van der Waals surface area (Å²) in [5.74, 6) is 0. The Morgan fingerprint density at radius 3 is 3.06 bits per heavy atom. The Labute approximate surface area is 114 Å². The van der Waals surface area contributed by atoms with Crippen molar-refractivity contribution in [2.75, 3.05) is 19.6 Å². The Kier molecular flexibility index (Phi) is 4.31. The van der Waals surface area contributed by atoms with Crippen molar-refractivity contribution in [1.82, 2.24) is 10.2 Å². The van der Waals surface area contributed by atoms with Crippen molar-refractivity contribution in [3.63, 3.8) is 0 Å². The molecule has 5 nitrogen and oxygen atoms in total. The monoisotopic (exact) mass is 313 g/mol. The number of nitro benzene ring substituents is 1. The molecule has 6 heteroatoms. The van der Waals surface area contributed by atoms with Gasteiger partial charge in [0.1, 0.15) is 0 Å². The van der Waals surface area contributed by atoms with Crippen molar-refractivity contribution >= 4 is 21.6 Å². The van der Waals surface area contributed by atoms with E-state index in [1.165, 1.54) is 6.07 Å². The van der Waals surface area contributed by atoms with Crippen LogP contribution in [0.2, 0.25) is 0 Å². The lowest BCUT2D eigenvalue weighted by Gasteiger charge is -2.34. The molecule has 1 aliphatic heterocycles. The average Bonchev–Trinajstić information content (AvgIpc) is 2.34. The summed E-state index contributed by atoms with van der Waals surface area (Å²) in [6.45, 7) is 5.81. The summed E-state index contributed by atoms with van der Waals surface area (Å²) in [6.07, 6.45) is 0. The molecule has 0 aromatic heterocycles. The first-order valence-electron chi connectivity index (χ1n) is 5.96. The molecule has 98 valence electrons. The summed E-state index contributed by atoms with van der Waals surface area (Å²) in [5.41, 5.74) is 1.10. The fourth-order valence-electron chi connectivity index (χ4n) is 2.17. The van der Waals surface area contributed by atoms with E-state index < -0.39 is 0 Å². The number of halogens is 1. The topological polar surface area (TPSA) is 58.4 Å². The number of hydrogen-bond donors (Lipinski definition) is 1. The molecule has 1 saturated heterocycles. The smallest absolute Gasteiger partial charge is 0.283 e. The zero-order chi connectivity index (χ0) is 13.1. The van der Waals surface area contributed by atoms with Gasteiger partial charge >= 0.3 is 0 Å². The van der Waals surface area contributed by atoms with Gasteiger partial charge in [0, 0.05) is 38.3 Å². The number of hydrogen-bond acceptors (Lipinski definition) is 4. The first-order valence-corrected chi connectivity index (χ1v) is 6.75. The van der Waals surface area contributed by atoms with Gasteiger partial charge in [-0.3, -0.25) is 15.0 Å². The quantitative estimate of drug-likeness (QED) is 0.686. The third-order valence-electron chi connectivity index (χ3n) is 3.27. The van der Waals surface area contributed by atoms with E-state index in [1.807, 2.05) is 6.07 Å². The second-order valence-electron chi connectivity index (χ2n) is 4.53. The zero-order valence-corrected chi connectivity index (χ0v) is 11.8. The van der Waals surface area contributed by atoms with Crippen molar-refractivity contribution < 1.29 is 4.92 Å². The van der Waals surface area contributed by atoms with Crippen LogP contribution in [0.5, 0.6) is 0 Å². The fourth-order valence-corrected chi connectivity index (χ4v) is 2.70. The average molecular weight is 314 g/mol. The third-order valence-corrected chi connectivity index (χ3v) is 4.18. The van der Waals surface area contributed by atoms with E-state index >= 15 is 0 Å². The second-order valence-corrected chi connectivity index (χ2v) is 5.32. The van der Waals surface area contributed by atoms with Crippen molar-refractivity contribution in [2.45, 2.75) is 19.5 Å². The van der Waals surface area contributed by atoms with Gasteiger partial charge in [-0.05, 0) is 28.4 Å². The first kappa shape index (κ1) is 13.5. The lowest BCUT2D eigenvalue weighted by atomic mass is 10.1. The third kappa shape index (κ3) is 2.88. The molecule has 0 radical (unpaired) electrons. The van der Waals surface area contributed by atoms with E-state index in [0.717, 1.165) is 31.7 Å². The molecule has 0 aliphatic carbocycles. The van der Waals surface area contributed by atoms with E-state index in [2.05, 4.69) is 33.1 Å². The van der Waals surface area contributed by atoms with Crippen molar-refractivity contribution in [3.8, 4) is 0 Å². The number of piperazine rings is 1. The van der Waals surface area contributed by atoms with Crippen LogP contribution in [0.25, 0.3) is 0 Å². The molecule has 1 unspecified atom stereocenters. The van der Waals surface area contributed by atoms with Gasteiger partial charge in [-0.1, -0.05) is 12.1 Å². The summed E-state index contributed by atoms with van der Waals surface area (Å²) in [5, 5.41) is 14.2. The van der Waals surface area contributed by atoms with Gasteiger partial charge in [-0.25, -0.2) is 0 Å². The molecule has 1 aromatic rings. The largest absolute Gasteiger partial charge is 0.314 e. The van der Waals surface area contributed by atoms with Gasteiger partial charge in [0.15, 0.2) is 0 Å². The fraction of sp³-hybridized carbons (Fsp3) is 0.500. The standard InChI is InChI=1S/C12H16BrN3O2/c1-9-7-14-5-6-15(9)8-10-3-2-4-11(12(10)13)16(17)18/h2-4,9,14H,5-8H2,1H3. The lowest BCUT2D eigenvalue weighted by molar-refractivity contribution is -0.385. The molecule has 0 amide bonds. The van der Waals surface area contributed by atoms with Gasteiger partial charge in [0.05, 0.1) is 9.40 Å². The highest BCUT2D eigenvalue weighted by molar-refractivity contribution is 9.10. The molecule has 0 spiro atoms. The lowest BCUT2D eigenvalue weighted by Crippen LogP contribution is -2.49. The maximum Gasteiger partial charge on any atom is 0.283 e. The predicted molar refractivity (Wildman–Crippen MR) is 73.5 cm³/mol. The zero-order valence-electron chi connectivity index (χ0n) is 10.2. The second kappa shape index (κ2) is 5.77. The number of benzene rings is 1. The minimum atomic E-state index is -0.352. The summed E-state index contributed by atoms with van der Waals surface area (Å²) in [4.78, 5) is 12.9. The van der Waals surface area contributed by atoms with Gasteiger partial charge in [0.2, 0.25) is 0 Å². The number of rotatable bonds is 3. The molecule has 1 fully saturated rings. The molecule has 2 rings (SSSR count). The molecule has 1 aliphatic rings. The molecule has 18 heavy (non-hydrogen) atoms. The molecule has 1 aromatic carbocycles. The molecule has 0 saturated carbocycles. The Hall–Kier alpha value is -0.980. The van der Waals surface area contributed by atoms with Gasteiger partial charge < -0.3 is 5.32 Å². The van der Waals surface area contributed by atoms with Crippen LogP contribution in [0.1, 0.15) is 12.5 Å². The van der Waals surface area contributed by atoms with E-state index in [4.69, 9.17) is 0 Å². The minimum Gasteiger partial charge on any atom is -0.314 e. The normalized spacial score (nSPS) is 20.9. The summed E-state index contributed by atoms with van der Waals surface area (Å²) in [7, 11) is 0. The Balaban J connectivity index is 2.18. The van der Waals surface area contributed by atoms with Crippen molar-refractivity contribution in [1.29, 1.82) is 0 Å². The van der Waals surface area contributed by atoms with E-state index in [1.54, 1.807) is 6.07 Å². The van der Waals surface area contributed by atoms with Crippen molar-refractivity contribution in [3.05, 3.63) is 38.3 Å². The van der Waals surface area contributed by atoms with Crippen LogP contribution in [-0.2, 0) is 6.54 Å².